The minimum Gasteiger partial charge on any atom is -0.379 e. The van der Waals surface area contributed by atoms with Gasteiger partial charge in [-0.15, -0.1) is 0 Å². The maximum atomic E-state index is 13.0. The molecule has 0 radical (unpaired) electrons. The van der Waals surface area contributed by atoms with Gasteiger partial charge in [-0.05, 0) is 32.0 Å². The molecule has 0 amide bonds. The maximum absolute atomic E-state index is 13.0. The third-order valence-electron chi connectivity index (χ3n) is 4.36. The number of aromatic nitrogens is 1. The quantitative estimate of drug-likeness (QED) is 0.624. The maximum Gasteiger partial charge on any atom is 0.366 e. The average molecular weight is 465 g/mol. The smallest absolute Gasteiger partial charge is 0.366 e. The zero-order valence-corrected chi connectivity index (χ0v) is 18.5. The number of morpholine rings is 1. The molecule has 1 aliphatic heterocycles. The van der Waals surface area contributed by atoms with Crippen molar-refractivity contribution >= 4 is 45.4 Å². The molecular formula is C17H22ClN2O7PS. The number of aromatic amines is 1. The van der Waals surface area contributed by atoms with Crippen LogP contribution in [0.15, 0.2) is 27.9 Å². The van der Waals surface area contributed by atoms with Crippen molar-refractivity contribution in [2.45, 2.75) is 18.7 Å². The molecule has 0 unspecified atom stereocenters. The Hall–Kier alpha value is -1.26. The summed E-state index contributed by atoms with van der Waals surface area (Å²) in [5.41, 5.74) is -0.341. The number of rotatable bonds is 7. The van der Waals surface area contributed by atoms with E-state index in [1.54, 1.807) is 13.8 Å². The van der Waals surface area contributed by atoms with Gasteiger partial charge in [0.2, 0.25) is 10.0 Å². The number of benzene rings is 1. The number of H-pyrrole nitrogens is 1. The topological polar surface area (TPSA) is 115 Å². The van der Waals surface area contributed by atoms with Crippen molar-refractivity contribution in [1.82, 2.24) is 9.29 Å². The van der Waals surface area contributed by atoms with Crippen LogP contribution in [0.1, 0.15) is 13.8 Å². The van der Waals surface area contributed by atoms with Gasteiger partial charge in [-0.25, -0.2) is 8.42 Å². The third-order valence-corrected chi connectivity index (χ3v) is 8.84. The van der Waals surface area contributed by atoms with Crippen molar-refractivity contribution in [3.05, 3.63) is 33.6 Å². The second-order valence-electron chi connectivity index (χ2n) is 6.20. The second kappa shape index (κ2) is 8.85. The molecule has 2 heterocycles. The number of hydrogen-bond donors (Lipinski definition) is 1. The summed E-state index contributed by atoms with van der Waals surface area (Å²) in [6, 6.07) is 4.04. The number of pyridine rings is 1. The summed E-state index contributed by atoms with van der Waals surface area (Å²) in [5, 5.41) is 0.131. The van der Waals surface area contributed by atoms with Crippen LogP contribution in [0.25, 0.3) is 10.9 Å². The highest BCUT2D eigenvalue weighted by Gasteiger charge is 2.32. The van der Waals surface area contributed by atoms with E-state index in [4.69, 9.17) is 25.4 Å². The Labute approximate surface area is 173 Å². The van der Waals surface area contributed by atoms with Crippen molar-refractivity contribution in [2.24, 2.45) is 0 Å². The molecule has 0 atom stereocenters. The second-order valence-corrected chi connectivity index (χ2v) is 10.5. The van der Waals surface area contributed by atoms with Crippen LogP contribution in [0.4, 0.5) is 0 Å². The van der Waals surface area contributed by atoms with Crippen LogP contribution in [0, 0.1) is 0 Å². The monoisotopic (exact) mass is 464 g/mol. The predicted molar refractivity (Wildman–Crippen MR) is 110 cm³/mol. The lowest BCUT2D eigenvalue weighted by molar-refractivity contribution is 0.0730. The van der Waals surface area contributed by atoms with Crippen molar-refractivity contribution in [3.8, 4) is 0 Å². The van der Waals surface area contributed by atoms with Gasteiger partial charge in [0.05, 0.1) is 31.5 Å². The molecule has 1 saturated heterocycles. The number of hydrogen-bond acceptors (Lipinski definition) is 7. The average Bonchev–Trinajstić information content (AvgIpc) is 2.68. The molecule has 1 aromatic carbocycles. The predicted octanol–water partition coefficient (Wildman–Crippen LogP) is 2.09. The highest BCUT2D eigenvalue weighted by Crippen LogP contribution is 2.46. The van der Waals surface area contributed by atoms with Crippen LogP contribution in [-0.4, -0.2) is 57.2 Å². The van der Waals surface area contributed by atoms with Gasteiger partial charge in [-0.1, -0.05) is 11.6 Å². The molecule has 1 fully saturated rings. The Morgan fingerprint density at radius 2 is 1.79 bits per heavy atom. The van der Waals surface area contributed by atoms with E-state index in [1.165, 1.54) is 22.5 Å². The van der Waals surface area contributed by atoms with E-state index in [-0.39, 0.29) is 41.5 Å². The Kier molecular flexibility index (Phi) is 6.84. The molecule has 3 rings (SSSR count). The van der Waals surface area contributed by atoms with E-state index in [0.29, 0.717) is 24.1 Å². The lowest BCUT2D eigenvalue weighted by Crippen LogP contribution is -2.40. The highest BCUT2D eigenvalue weighted by molar-refractivity contribution is 7.89. The van der Waals surface area contributed by atoms with E-state index in [2.05, 4.69) is 4.98 Å². The van der Waals surface area contributed by atoms with Crippen LogP contribution >= 0.6 is 19.2 Å². The summed E-state index contributed by atoms with van der Waals surface area (Å²) in [4.78, 5) is 15.0. The van der Waals surface area contributed by atoms with E-state index < -0.39 is 23.2 Å². The van der Waals surface area contributed by atoms with Gasteiger partial charge >= 0.3 is 7.60 Å². The van der Waals surface area contributed by atoms with Gasteiger partial charge in [0.15, 0.2) is 0 Å². The van der Waals surface area contributed by atoms with Crippen molar-refractivity contribution in [1.29, 1.82) is 0 Å². The summed E-state index contributed by atoms with van der Waals surface area (Å²) in [5.74, 6) is 0. The first-order valence-corrected chi connectivity index (χ1v) is 12.4. The molecule has 1 aliphatic rings. The number of nitrogens with zero attached hydrogens (tertiary/aromatic N) is 1. The first kappa shape index (κ1) is 22.4. The first-order chi connectivity index (χ1) is 13.7. The van der Waals surface area contributed by atoms with Crippen LogP contribution in [-0.2, 0) is 28.4 Å². The Balaban J connectivity index is 2.16. The number of fused-ring (bicyclic) bond motifs is 1. The summed E-state index contributed by atoms with van der Waals surface area (Å²) in [6.45, 7) is 4.45. The van der Waals surface area contributed by atoms with Gasteiger partial charge in [-0.2, -0.15) is 4.31 Å². The van der Waals surface area contributed by atoms with Crippen LogP contribution in [0.5, 0.6) is 0 Å². The summed E-state index contributed by atoms with van der Waals surface area (Å²) in [6.07, 6.45) is 0. The largest absolute Gasteiger partial charge is 0.379 e. The lowest BCUT2D eigenvalue weighted by atomic mass is 10.2. The Morgan fingerprint density at radius 3 is 2.38 bits per heavy atom. The molecule has 0 spiro atoms. The summed E-state index contributed by atoms with van der Waals surface area (Å²) < 4.78 is 56.1. The zero-order chi connectivity index (χ0) is 21.2. The van der Waals surface area contributed by atoms with Gasteiger partial charge in [-0.3, -0.25) is 9.36 Å². The van der Waals surface area contributed by atoms with Gasteiger partial charge in [0.1, 0.15) is 10.2 Å². The van der Waals surface area contributed by atoms with E-state index in [0.717, 1.165) is 0 Å². The normalized spacial score (nSPS) is 16.4. The zero-order valence-electron chi connectivity index (χ0n) is 16.0. The minimum absolute atomic E-state index is 0.0230. The fraction of sp³-hybridized carbons (Fsp3) is 0.471. The molecule has 1 aromatic heterocycles. The van der Waals surface area contributed by atoms with Crippen LogP contribution in [0.3, 0.4) is 0 Å². The summed E-state index contributed by atoms with van der Waals surface area (Å²) in [7, 11) is -7.73. The minimum atomic E-state index is -3.87. The molecule has 0 saturated carbocycles. The molecule has 0 bridgehead atoms. The standard InChI is InChI=1S/C17H22ClN2O7PS/c1-3-26-28(22,27-4-2)15-9-12-10-16(13(18)11-14(12)19-17(15)21)29(23,24)20-5-7-25-8-6-20/h9-11H,3-8H2,1-2H3,(H,19,21). The van der Waals surface area contributed by atoms with E-state index >= 15 is 0 Å². The highest BCUT2D eigenvalue weighted by atomic mass is 35.5. The molecule has 9 nitrogen and oxygen atoms in total. The van der Waals surface area contributed by atoms with Crippen molar-refractivity contribution < 1.29 is 26.8 Å². The fourth-order valence-corrected chi connectivity index (χ4v) is 6.62. The van der Waals surface area contributed by atoms with Crippen molar-refractivity contribution in [3.63, 3.8) is 0 Å². The Bertz CT molecular complexity index is 1100. The van der Waals surface area contributed by atoms with E-state index in [9.17, 15) is 17.8 Å². The first-order valence-electron chi connectivity index (χ1n) is 9.07. The number of ether oxygens (including phenoxy) is 1. The summed E-state index contributed by atoms with van der Waals surface area (Å²) >= 11 is 6.23. The third kappa shape index (κ3) is 4.44. The van der Waals surface area contributed by atoms with Crippen LogP contribution in [0.2, 0.25) is 5.02 Å². The molecule has 160 valence electrons. The van der Waals surface area contributed by atoms with Crippen molar-refractivity contribution in [2.75, 3.05) is 39.5 Å². The van der Waals surface area contributed by atoms with Gasteiger partial charge in [0, 0.05) is 24.0 Å². The fourth-order valence-electron chi connectivity index (χ4n) is 3.04. The number of halogens is 1. The SMILES string of the molecule is CCOP(=O)(OCC)c1cc2cc(S(=O)(=O)N3CCOCC3)c(Cl)cc2[nH]c1=O. The molecular weight excluding hydrogens is 443 g/mol. The van der Waals surface area contributed by atoms with Crippen LogP contribution < -0.4 is 10.9 Å². The Morgan fingerprint density at radius 1 is 1.17 bits per heavy atom. The van der Waals surface area contributed by atoms with Gasteiger partial charge in [0.25, 0.3) is 5.56 Å². The number of sulfonamides is 1. The number of nitrogens with one attached hydrogen (secondary N) is 1. The van der Waals surface area contributed by atoms with Gasteiger partial charge < -0.3 is 18.8 Å². The molecule has 1 N–H and O–H groups in total. The lowest BCUT2D eigenvalue weighted by Gasteiger charge is -2.26. The molecule has 12 heteroatoms. The molecule has 2 aromatic rings. The molecule has 29 heavy (non-hydrogen) atoms. The van der Waals surface area contributed by atoms with E-state index in [1.807, 2.05) is 0 Å². The molecule has 0 aliphatic carbocycles.